The number of H-pyrrole nitrogens is 1. The van der Waals surface area contributed by atoms with Crippen molar-refractivity contribution in [3.63, 3.8) is 0 Å². The Kier molecular flexibility index (Phi) is 4.93. The van der Waals surface area contributed by atoms with E-state index in [0.29, 0.717) is 22.9 Å². The van der Waals surface area contributed by atoms with E-state index in [9.17, 15) is 14.7 Å². The molecule has 0 saturated carbocycles. The summed E-state index contributed by atoms with van der Waals surface area (Å²) in [4.78, 5) is 31.7. The van der Waals surface area contributed by atoms with Gasteiger partial charge in [0.25, 0.3) is 11.7 Å². The molecule has 0 radical (unpaired) electrons. The maximum atomic E-state index is 13.5. The van der Waals surface area contributed by atoms with E-state index in [-0.39, 0.29) is 11.3 Å². The van der Waals surface area contributed by atoms with Crippen molar-refractivity contribution in [2.24, 2.45) is 0 Å². The Morgan fingerprint density at radius 1 is 1.09 bits per heavy atom. The van der Waals surface area contributed by atoms with Crippen LogP contribution < -0.4 is 9.64 Å². The van der Waals surface area contributed by atoms with Gasteiger partial charge in [-0.2, -0.15) is 0 Å². The molecule has 0 bridgehead atoms. The number of Topliss-reactive ketones (excluding diaryl/α,β-unsaturated/α-hetero) is 1. The minimum absolute atomic E-state index is 0.0432. The quantitative estimate of drug-likeness (QED) is 0.222. The van der Waals surface area contributed by atoms with E-state index in [0.717, 1.165) is 39.9 Å². The van der Waals surface area contributed by atoms with E-state index in [4.69, 9.17) is 16.3 Å². The molecule has 6 rings (SSSR count). The van der Waals surface area contributed by atoms with Crippen LogP contribution in [0.15, 0.2) is 72.3 Å². The molecule has 2 aliphatic heterocycles. The van der Waals surface area contributed by atoms with Crippen molar-refractivity contribution < 1.29 is 19.4 Å². The number of aromatic nitrogens is 1. The molecular formula is C28H21ClN2O4. The number of carbonyl (C=O) groups excluding carboxylic acids is 2. The van der Waals surface area contributed by atoms with E-state index in [1.54, 1.807) is 36.4 Å². The van der Waals surface area contributed by atoms with Gasteiger partial charge in [0, 0.05) is 44.9 Å². The normalized spacial score (nSPS) is 18.8. The molecule has 2 aliphatic rings. The number of aromatic amines is 1. The molecule has 1 amide bonds. The number of fused-ring (bicyclic) bond motifs is 2. The maximum absolute atomic E-state index is 13.5. The Hall–Kier alpha value is -4.03. The first-order chi connectivity index (χ1) is 16.9. The molecule has 4 aromatic rings. The topological polar surface area (TPSA) is 82.6 Å². The number of hydrogen-bond acceptors (Lipinski definition) is 4. The van der Waals surface area contributed by atoms with E-state index < -0.39 is 17.7 Å². The zero-order valence-electron chi connectivity index (χ0n) is 18.8. The number of benzene rings is 3. The Labute approximate surface area is 206 Å². The number of amides is 1. The van der Waals surface area contributed by atoms with Gasteiger partial charge in [0.05, 0.1) is 18.2 Å². The fraction of sp³-hybridized carbons (Fsp3) is 0.143. The van der Waals surface area contributed by atoms with Crippen LogP contribution in [0, 0.1) is 6.92 Å². The van der Waals surface area contributed by atoms with Gasteiger partial charge in [-0.25, -0.2) is 0 Å². The number of rotatable bonds is 3. The standard InChI is InChI=1S/C28H21ClN2O4/c1-15-23(20-7-2-3-8-21(20)30-15)25-24(26(32)17-9-10-22-16(13-17)11-12-35-22)27(33)28(34)31(25)19-6-4-5-18(29)14-19/h2-10,13-14,25,30,32H,11-12H2,1H3/b26-24+. The number of aryl methyl sites for hydroxylation is 1. The van der Waals surface area contributed by atoms with Crippen LogP contribution in [0.5, 0.6) is 5.75 Å². The summed E-state index contributed by atoms with van der Waals surface area (Å²) in [6.45, 7) is 2.48. The van der Waals surface area contributed by atoms with Crippen LogP contribution >= 0.6 is 11.6 Å². The Morgan fingerprint density at radius 3 is 2.74 bits per heavy atom. The number of nitrogens with one attached hydrogen (secondary N) is 1. The van der Waals surface area contributed by atoms with Crippen molar-refractivity contribution in [3.05, 3.63) is 99.7 Å². The number of para-hydroxylation sites is 1. The molecule has 1 aromatic heterocycles. The van der Waals surface area contributed by atoms with Gasteiger partial charge in [-0.15, -0.1) is 0 Å². The Balaban J connectivity index is 1.63. The van der Waals surface area contributed by atoms with Crippen LogP contribution in [0.25, 0.3) is 16.7 Å². The highest BCUT2D eigenvalue weighted by Crippen LogP contribution is 2.46. The van der Waals surface area contributed by atoms with Crippen molar-refractivity contribution in [2.45, 2.75) is 19.4 Å². The minimum atomic E-state index is -0.839. The molecule has 35 heavy (non-hydrogen) atoms. The number of aliphatic hydroxyl groups excluding tert-OH is 1. The van der Waals surface area contributed by atoms with Gasteiger partial charge >= 0.3 is 0 Å². The molecule has 2 N–H and O–H groups in total. The number of aliphatic hydroxyl groups is 1. The first-order valence-corrected chi connectivity index (χ1v) is 11.7. The lowest BCUT2D eigenvalue weighted by atomic mass is 9.92. The van der Waals surface area contributed by atoms with E-state index in [1.165, 1.54) is 4.90 Å². The van der Waals surface area contributed by atoms with E-state index in [1.807, 2.05) is 37.3 Å². The summed E-state index contributed by atoms with van der Waals surface area (Å²) in [7, 11) is 0. The van der Waals surface area contributed by atoms with Crippen molar-refractivity contribution in [1.29, 1.82) is 0 Å². The van der Waals surface area contributed by atoms with Crippen molar-refractivity contribution in [2.75, 3.05) is 11.5 Å². The van der Waals surface area contributed by atoms with Gasteiger partial charge in [-0.05, 0) is 55.0 Å². The molecule has 3 heterocycles. The van der Waals surface area contributed by atoms with E-state index >= 15 is 0 Å². The number of ketones is 1. The number of nitrogens with zero attached hydrogens (tertiary/aromatic N) is 1. The molecular weight excluding hydrogens is 464 g/mol. The zero-order chi connectivity index (χ0) is 24.3. The lowest BCUT2D eigenvalue weighted by molar-refractivity contribution is -0.132. The highest BCUT2D eigenvalue weighted by atomic mass is 35.5. The number of halogens is 1. The molecule has 1 unspecified atom stereocenters. The highest BCUT2D eigenvalue weighted by molar-refractivity contribution is 6.52. The molecule has 1 atom stereocenters. The van der Waals surface area contributed by atoms with Crippen LogP contribution in [0.3, 0.4) is 0 Å². The number of hydrogen-bond donors (Lipinski definition) is 2. The van der Waals surface area contributed by atoms with Crippen molar-refractivity contribution in [3.8, 4) is 5.75 Å². The Bertz CT molecular complexity index is 1570. The van der Waals surface area contributed by atoms with E-state index in [2.05, 4.69) is 4.98 Å². The monoisotopic (exact) mass is 484 g/mol. The molecule has 7 heteroatoms. The van der Waals surface area contributed by atoms with Crippen LogP contribution in [-0.4, -0.2) is 28.4 Å². The summed E-state index contributed by atoms with van der Waals surface area (Å²) in [6, 6.07) is 19.0. The maximum Gasteiger partial charge on any atom is 0.300 e. The molecule has 6 nitrogen and oxygen atoms in total. The van der Waals surface area contributed by atoms with Crippen LogP contribution in [-0.2, 0) is 16.0 Å². The summed E-state index contributed by atoms with van der Waals surface area (Å²) in [5, 5.41) is 12.8. The van der Waals surface area contributed by atoms with Crippen LogP contribution in [0.4, 0.5) is 5.69 Å². The lowest BCUT2D eigenvalue weighted by Crippen LogP contribution is -2.29. The molecule has 0 spiro atoms. The summed E-state index contributed by atoms with van der Waals surface area (Å²) < 4.78 is 5.58. The average molecular weight is 485 g/mol. The largest absolute Gasteiger partial charge is 0.507 e. The SMILES string of the molecule is Cc1[nH]c2ccccc2c1C1/C(=C(\O)c2ccc3c(c2)CCO3)C(=O)C(=O)N1c1cccc(Cl)c1. The Morgan fingerprint density at radius 2 is 1.91 bits per heavy atom. The van der Waals surface area contributed by atoms with Crippen LogP contribution in [0.2, 0.25) is 5.02 Å². The van der Waals surface area contributed by atoms with Gasteiger partial charge in [0.1, 0.15) is 11.5 Å². The first kappa shape index (κ1) is 21.5. The van der Waals surface area contributed by atoms with Crippen molar-refractivity contribution >= 4 is 45.6 Å². The molecule has 174 valence electrons. The fourth-order valence-corrected chi connectivity index (χ4v) is 5.32. The predicted octanol–water partition coefficient (Wildman–Crippen LogP) is 5.69. The lowest BCUT2D eigenvalue weighted by Gasteiger charge is -2.26. The number of anilines is 1. The van der Waals surface area contributed by atoms with Crippen LogP contribution in [0.1, 0.15) is 28.4 Å². The molecule has 1 saturated heterocycles. The van der Waals surface area contributed by atoms with Gasteiger partial charge in [-0.1, -0.05) is 35.9 Å². The third kappa shape index (κ3) is 3.33. The minimum Gasteiger partial charge on any atom is -0.507 e. The average Bonchev–Trinajstić information content (AvgIpc) is 3.52. The zero-order valence-corrected chi connectivity index (χ0v) is 19.6. The van der Waals surface area contributed by atoms with Gasteiger partial charge in [0.2, 0.25) is 0 Å². The van der Waals surface area contributed by atoms with Gasteiger partial charge in [-0.3, -0.25) is 14.5 Å². The first-order valence-electron chi connectivity index (χ1n) is 11.3. The summed E-state index contributed by atoms with van der Waals surface area (Å²) >= 11 is 6.25. The molecule has 0 aliphatic carbocycles. The summed E-state index contributed by atoms with van der Waals surface area (Å²) in [5.74, 6) is -0.899. The third-order valence-corrected chi connectivity index (χ3v) is 6.95. The fourth-order valence-electron chi connectivity index (χ4n) is 5.14. The predicted molar refractivity (Wildman–Crippen MR) is 135 cm³/mol. The third-order valence-electron chi connectivity index (χ3n) is 6.71. The summed E-state index contributed by atoms with van der Waals surface area (Å²) in [6.07, 6.45) is 0.721. The second-order valence-electron chi connectivity index (χ2n) is 8.78. The smallest absolute Gasteiger partial charge is 0.300 e. The highest BCUT2D eigenvalue weighted by Gasteiger charge is 2.48. The van der Waals surface area contributed by atoms with Gasteiger partial charge < -0.3 is 14.8 Å². The molecule has 3 aromatic carbocycles. The second kappa shape index (κ2) is 8.03. The van der Waals surface area contributed by atoms with Crippen molar-refractivity contribution in [1.82, 2.24) is 4.98 Å². The number of ether oxygens (including phenoxy) is 1. The molecule has 1 fully saturated rings. The van der Waals surface area contributed by atoms with Gasteiger partial charge in [0.15, 0.2) is 0 Å². The number of carbonyl (C=O) groups is 2. The summed E-state index contributed by atoms with van der Waals surface area (Å²) in [5.41, 5.74) is 4.40. The second-order valence-corrected chi connectivity index (χ2v) is 9.22.